The van der Waals surface area contributed by atoms with Gasteiger partial charge in [-0.15, -0.1) is 0 Å². The lowest BCUT2D eigenvalue weighted by atomic mass is 10.1. The zero-order valence-electron chi connectivity index (χ0n) is 23.4. The van der Waals surface area contributed by atoms with Gasteiger partial charge in [0, 0.05) is 53.8 Å². The minimum Gasteiger partial charge on any atom is -0.382 e. The summed E-state index contributed by atoms with van der Waals surface area (Å²) in [6.07, 6.45) is -3.89. The standard InChI is InChI=1S/C26H46O12/c1-29-11-19(31-3)13-35-15-21(33-5)17-37-25(27)23-9-7-8-10-24(23)26(28)38-18-22(34-6)16-36-14-20(32-4)12-30-2/h7-10,19-22,25-28H,11-18H2,1-6H3/t19?,20?,21?,22?,25-,26?/m0/s1. The van der Waals surface area contributed by atoms with E-state index in [0.717, 1.165) is 0 Å². The smallest absolute Gasteiger partial charge is 0.181 e. The van der Waals surface area contributed by atoms with E-state index in [-0.39, 0.29) is 38.6 Å². The fourth-order valence-electron chi connectivity index (χ4n) is 3.31. The Bertz CT molecular complexity index is 637. The number of hydrogen-bond acceptors (Lipinski definition) is 12. The molecule has 0 heterocycles. The minimum atomic E-state index is -1.32. The summed E-state index contributed by atoms with van der Waals surface area (Å²) in [7, 11) is 9.41. The van der Waals surface area contributed by atoms with Gasteiger partial charge >= 0.3 is 0 Å². The molecule has 0 amide bonds. The van der Waals surface area contributed by atoms with Crippen molar-refractivity contribution in [1.82, 2.24) is 0 Å². The molecule has 12 heteroatoms. The molecule has 0 saturated heterocycles. The van der Waals surface area contributed by atoms with E-state index >= 15 is 0 Å². The van der Waals surface area contributed by atoms with Crippen LogP contribution < -0.4 is 0 Å². The Morgan fingerprint density at radius 3 is 1.11 bits per heavy atom. The summed E-state index contributed by atoms with van der Waals surface area (Å²) in [4.78, 5) is 0. The van der Waals surface area contributed by atoms with Gasteiger partial charge < -0.3 is 57.6 Å². The molecule has 0 aliphatic carbocycles. The maximum Gasteiger partial charge on any atom is 0.181 e. The third-order valence-corrected chi connectivity index (χ3v) is 5.66. The highest BCUT2D eigenvalue weighted by Gasteiger charge is 2.22. The van der Waals surface area contributed by atoms with E-state index in [2.05, 4.69) is 0 Å². The van der Waals surface area contributed by atoms with Crippen LogP contribution in [0.25, 0.3) is 0 Å². The molecule has 0 saturated carbocycles. The highest BCUT2D eigenvalue weighted by molar-refractivity contribution is 5.29. The van der Waals surface area contributed by atoms with Crippen LogP contribution in [0, 0.1) is 0 Å². The van der Waals surface area contributed by atoms with Gasteiger partial charge in [-0.2, -0.15) is 0 Å². The lowest BCUT2D eigenvalue weighted by Crippen LogP contribution is -2.30. The monoisotopic (exact) mass is 550 g/mol. The van der Waals surface area contributed by atoms with Crippen molar-refractivity contribution in [3.8, 4) is 0 Å². The molecule has 0 spiro atoms. The van der Waals surface area contributed by atoms with E-state index in [1.54, 1.807) is 52.7 Å². The van der Waals surface area contributed by atoms with Crippen molar-refractivity contribution in [3.63, 3.8) is 0 Å². The largest absolute Gasteiger partial charge is 0.382 e. The molecule has 0 aliphatic heterocycles. The number of benzene rings is 1. The highest BCUT2D eigenvalue weighted by Crippen LogP contribution is 2.26. The maximum atomic E-state index is 10.7. The van der Waals surface area contributed by atoms with E-state index in [9.17, 15) is 10.2 Å². The number of hydrogen-bond donors (Lipinski definition) is 2. The zero-order valence-corrected chi connectivity index (χ0v) is 23.4. The summed E-state index contributed by atoms with van der Waals surface area (Å²) in [6.45, 7) is 2.05. The fourth-order valence-corrected chi connectivity index (χ4v) is 3.31. The molecule has 1 aromatic carbocycles. The van der Waals surface area contributed by atoms with Crippen molar-refractivity contribution in [2.75, 3.05) is 95.5 Å². The molecule has 0 fully saturated rings. The van der Waals surface area contributed by atoms with E-state index in [1.807, 2.05) is 0 Å². The van der Waals surface area contributed by atoms with E-state index in [0.29, 0.717) is 37.6 Å². The second-order valence-electron chi connectivity index (χ2n) is 8.42. The van der Waals surface area contributed by atoms with Crippen molar-refractivity contribution in [1.29, 1.82) is 0 Å². The SMILES string of the molecule is COCC(COCC(COC(O)c1ccccc1[C@@H](O)OCC(COCC(COC)OC)OC)OC)OC. The molecule has 5 unspecified atom stereocenters. The van der Waals surface area contributed by atoms with Gasteiger partial charge in [0.05, 0.1) is 52.9 Å². The molecule has 1 rings (SSSR count). The third kappa shape index (κ3) is 13.7. The maximum absolute atomic E-state index is 10.7. The van der Waals surface area contributed by atoms with Crippen molar-refractivity contribution < 1.29 is 57.6 Å². The van der Waals surface area contributed by atoms with Gasteiger partial charge in [0.25, 0.3) is 0 Å². The Balaban J connectivity index is 2.58. The second kappa shape index (κ2) is 21.5. The summed E-state index contributed by atoms with van der Waals surface area (Å²) >= 11 is 0. The molecule has 2 N–H and O–H groups in total. The zero-order chi connectivity index (χ0) is 28.2. The first kappa shape index (κ1) is 34.8. The third-order valence-electron chi connectivity index (χ3n) is 5.66. The van der Waals surface area contributed by atoms with Gasteiger partial charge in [0.2, 0.25) is 0 Å². The van der Waals surface area contributed by atoms with Crippen LogP contribution in [0.5, 0.6) is 0 Å². The summed E-state index contributed by atoms with van der Waals surface area (Å²) in [5.41, 5.74) is 0.728. The number of aliphatic hydroxyl groups excluding tert-OH is 2. The summed E-state index contributed by atoms with van der Waals surface area (Å²) in [6, 6.07) is 6.76. The molecule has 6 atom stereocenters. The van der Waals surface area contributed by atoms with E-state index in [1.165, 1.54) is 14.2 Å². The number of ether oxygens (including phenoxy) is 10. The van der Waals surface area contributed by atoms with Gasteiger partial charge in [-0.1, -0.05) is 24.3 Å². The average molecular weight is 551 g/mol. The quantitative estimate of drug-likeness (QED) is 0.179. The molecule has 0 aliphatic rings. The molecule has 0 aromatic heterocycles. The van der Waals surface area contributed by atoms with E-state index in [4.69, 9.17) is 47.4 Å². The van der Waals surface area contributed by atoms with Crippen molar-refractivity contribution in [3.05, 3.63) is 35.4 Å². The Labute approximate surface area is 225 Å². The Morgan fingerprint density at radius 1 is 0.500 bits per heavy atom. The molecular formula is C26H46O12. The topological polar surface area (TPSA) is 133 Å². The normalized spacial score (nSPS) is 16.6. The van der Waals surface area contributed by atoms with Crippen molar-refractivity contribution in [2.24, 2.45) is 0 Å². The predicted octanol–water partition coefficient (Wildman–Crippen LogP) is 1.09. The van der Waals surface area contributed by atoms with Gasteiger partial charge in [-0.3, -0.25) is 0 Å². The van der Waals surface area contributed by atoms with Gasteiger partial charge in [0.15, 0.2) is 12.6 Å². The predicted molar refractivity (Wildman–Crippen MR) is 137 cm³/mol. The van der Waals surface area contributed by atoms with Crippen LogP contribution in [0.1, 0.15) is 23.7 Å². The van der Waals surface area contributed by atoms with Crippen LogP contribution >= 0.6 is 0 Å². The Morgan fingerprint density at radius 2 is 0.816 bits per heavy atom. The van der Waals surface area contributed by atoms with Crippen LogP contribution in [-0.4, -0.2) is 130 Å². The lowest BCUT2D eigenvalue weighted by molar-refractivity contribution is -0.154. The van der Waals surface area contributed by atoms with Crippen molar-refractivity contribution in [2.45, 2.75) is 37.0 Å². The van der Waals surface area contributed by atoms with Gasteiger partial charge in [-0.05, 0) is 0 Å². The molecule has 12 nitrogen and oxygen atoms in total. The molecule has 1 aromatic rings. The molecule has 38 heavy (non-hydrogen) atoms. The average Bonchev–Trinajstić information content (AvgIpc) is 2.94. The van der Waals surface area contributed by atoms with Crippen LogP contribution in [0.3, 0.4) is 0 Å². The van der Waals surface area contributed by atoms with Gasteiger partial charge in [0.1, 0.15) is 24.4 Å². The number of rotatable bonds is 24. The lowest BCUT2D eigenvalue weighted by Gasteiger charge is -2.24. The van der Waals surface area contributed by atoms with E-state index < -0.39 is 24.8 Å². The first-order valence-electron chi connectivity index (χ1n) is 12.4. The fraction of sp³-hybridized carbons (Fsp3) is 0.769. The number of methoxy groups -OCH3 is 6. The molecule has 0 radical (unpaired) electrons. The summed E-state index contributed by atoms with van der Waals surface area (Å²) in [5.74, 6) is 0. The Kier molecular flexibility index (Phi) is 19.7. The highest BCUT2D eigenvalue weighted by atomic mass is 16.6. The molecule has 222 valence electrons. The van der Waals surface area contributed by atoms with Crippen molar-refractivity contribution >= 4 is 0 Å². The van der Waals surface area contributed by atoms with Crippen LogP contribution in [0.2, 0.25) is 0 Å². The number of aliphatic hydroxyl groups is 2. The van der Waals surface area contributed by atoms with Crippen LogP contribution in [0.15, 0.2) is 24.3 Å². The Hall–Kier alpha value is -1.26. The first-order valence-corrected chi connectivity index (χ1v) is 12.4. The summed E-state index contributed by atoms with van der Waals surface area (Å²) in [5, 5.41) is 21.4. The minimum absolute atomic E-state index is 0.0551. The molecule has 0 bridgehead atoms. The molecular weight excluding hydrogens is 504 g/mol. The second-order valence-corrected chi connectivity index (χ2v) is 8.42. The summed E-state index contributed by atoms with van der Waals surface area (Å²) < 4.78 is 53.9. The first-order chi connectivity index (χ1) is 18.4. The van der Waals surface area contributed by atoms with Gasteiger partial charge in [-0.25, -0.2) is 0 Å². The van der Waals surface area contributed by atoms with Crippen LogP contribution in [0.4, 0.5) is 0 Å². The van der Waals surface area contributed by atoms with Crippen LogP contribution in [-0.2, 0) is 47.4 Å².